The molecule has 144 valence electrons. The Morgan fingerprint density at radius 2 is 1.89 bits per heavy atom. The molecule has 1 amide bonds. The summed E-state index contributed by atoms with van der Waals surface area (Å²) in [6.45, 7) is 4.73. The number of aromatic nitrogens is 2. The molecule has 0 aliphatic carbocycles. The van der Waals surface area contributed by atoms with Crippen molar-refractivity contribution in [1.29, 1.82) is 0 Å². The Morgan fingerprint density at radius 3 is 2.63 bits per heavy atom. The van der Waals surface area contributed by atoms with Crippen LogP contribution in [-0.2, 0) is 4.79 Å². The lowest BCUT2D eigenvalue weighted by Crippen LogP contribution is -2.41. The van der Waals surface area contributed by atoms with Gasteiger partial charge in [0.05, 0.1) is 5.69 Å². The van der Waals surface area contributed by atoms with E-state index < -0.39 is 0 Å². The molecule has 5 heteroatoms. The van der Waals surface area contributed by atoms with Crippen LogP contribution in [0.2, 0.25) is 0 Å². The van der Waals surface area contributed by atoms with Crippen molar-refractivity contribution in [3.8, 4) is 11.3 Å². The highest BCUT2D eigenvalue weighted by Crippen LogP contribution is 2.25. The van der Waals surface area contributed by atoms with Crippen LogP contribution in [0.4, 0.5) is 5.82 Å². The highest BCUT2D eigenvalue weighted by Gasteiger charge is 2.25. The van der Waals surface area contributed by atoms with Gasteiger partial charge in [-0.2, -0.15) is 0 Å². The highest BCUT2D eigenvalue weighted by atomic mass is 16.1. The maximum absolute atomic E-state index is 12.4. The molecule has 5 nitrogen and oxygen atoms in total. The number of unbranched alkanes of at least 4 members (excludes halogenated alkanes) is 3. The average molecular weight is 367 g/mol. The Kier molecular flexibility index (Phi) is 7.19. The molecule has 1 aliphatic heterocycles. The molecule has 0 spiro atoms. The van der Waals surface area contributed by atoms with E-state index in [2.05, 4.69) is 39.2 Å². The number of carbonyl (C=O) groups is 1. The molecule has 2 aromatic rings. The fourth-order valence-corrected chi connectivity index (χ4v) is 3.57. The van der Waals surface area contributed by atoms with Gasteiger partial charge >= 0.3 is 0 Å². The van der Waals surface area contributed by atoms with Crippen molar-refractivity contribution in [1.82, 2.24) is 15.3 Å². The molecule has 1 N–H and O–H groups in total. The van der Waals surface area contributed by atoms with E-state index in [0.29, 0.717) is 0 Å². The first-order valence-corrected chi connectivity index (χ1v) is 10.2. The van der Waals surface area contributed by atoms with E-state index >= 15 is 0 Å². The lowest BCUT2D eigenvalue weighted by atomic mass is 9.95. The SMILES string of the molecule is CCCCCCNC(=O)C1CCN(c2cc(-c3ccccc3)ncn2)CC1. The summed E-state index contributed by atoms with van der Waals surface area (Å²) in [7, 11) is 0. The van der Waals surface area contributed by atoms with Crippen LogP contribution >= 0.6 is 0 Å². The van der Waals surface area contributed by atoms with E-state index in [4.69, 9.17) is 0 Å². The standard InChI is InChI=1S/C22H30N4O/c1-2-3-4-8-13-23-22(27)19-11-14-26(15-12-19)21-16-20(24-17-25-21)18-9-6-5-7-10-18/h5-7,9-10,16-17,19H,2-4,8,11-15H2,1H3,(H,23,27). The number of nitrogens with one attached hydrogen (secondary N) is 1. The van der Waals surface area contributed by atoms with Crippen molar-refractivity contribution in [3.05, 3.63) is 42.7 Å². The average Bonchev–Trinajstić information content (AvgIpc) is 2.74. The van der Waals surface area contributed by atoms with Crippen LogP contribution in [0.25, 0.3) is 11.3 Å². The number of amides is 1. The van der Waals surface area contributed by atoms with Gasteiger partial charge in [0.25, 0.3) is 0 Å². The fraction of sp³-hybridized carbons (Fsp3) is 0.500. The van der Waals surface area contributed by atoms with Gasteiger partial charge in [0.15, 0.2) is 0 Å². The molecule has 1 aliphatic rings. The number of carbonyl (C=O) groups excluding carboxylic acids is 1. The van der Waals surface area contributed by atoms with Crippen LogP contribution in [0.1, 0.15) is 45.4 Å². The predicted octanol–water partition coefficient (Wildman–Crippen LogP) is 4.06. The second kappa shape index (κ2) is 10.0. The van der Waals surface area contributed by atoms with Crippen LogP contribution < -0.4 is 10.2 Å². The Hall–Kier alpha value is -2.43. The molecule has 0 atom stereocenters. The quantitative estimate of drug-likeness (QED) is 0.716. The Bertz CT molecular complexity index is 711. The van der Waals surface area contributed by atoms with Gasteiger partial charge in [-0.3, -0.25) is 4.79 Å². The van der Waals surface area contributed by atoms with Gasteiger partial charge in [0.1, 0.15) is 12.1 Å². The third-order valence-electron chi connectivity index (χ3n) is 5.24. The summed E-state index contributed by atoms with van der Waals surface area (Å²) >= 11 is 0. The third-order valence-corrected chi connectivity index (χ3v) is 5.24. The Morgan fingerprint density at radius 1 is 1.11 bits per heavy atom. The molecular weight excluding hydrogens is 336 g/mol. The van der Waals surface area contributed by atoms with Crippen LogP contribution in [0.15, 0.2) is 42.7 Å². The van der Waals surface area contributed by atoms with Crippen molar-refractivity contribution in [2.45, 2.75) is 45.4 Å². The highest BCUT2D eigenvalue weighted by molar-refractivity contribution is 5.79. The zero-order chi connectivity index (χ0) is 18.9. The van der Waals surface area contributed by atoms with Crippen LogP contribution in [-0.4, -0.2) is 35.5 Å². The van der Waals surface area contributed by atoms with Gasteiger partial charge in [-0.25, -0.2) is 9.97 Å². The van der Waals surface area contributed by atoms with E-state index in [-0.39, 0.29) is 11.8 Å². The summed E-state index contributed by atoms with van der Waals surface area (Å²) in [5, 5.41) is 3.11. The summed E-state index contributed by atoms with van der Waals surface area (Å²) in [5.41, 5.74) is 2.03. The number of nitrogens with zero attached hydrogens (tertiary/aromatic N) is 3. The minimum Gasteiger partial charge on any atom is -0.356 e. The van der Waals surface area contributed by atoms with Crippen molar-refractivity contribution in [2.24, 2.45) is 5.92 Å². The molecule has 3 rings (SSSR count). The first-order valence-electron chi connectivity index (χ1n) is 10.2. The fourth-order valence-electron chi connectivity index (χ4n) is 3.57. The second-order valence-corrected chi connectivity index (χ2v) is 7.24. The smallest absolute Gasteiger partial charge is 0.223 e. The molecule has 2 heterocycles. The lowest BCUT2D eigenvalue weighted by Gasteiger charge is -2.32. The summed E-state index contributed by atoms with van der Waals surface area (Å²) < 4.78 is 0. The molecule has 1 aromatic heterocycles. The molecule has 1 aromatic carbocycles. The Balaban J connectivity index is 1.50. The van der Waals surface area contributed by atoms with E-state index in [1.54, 1.807) is 6.33 Å². The summed E-state index contributed by atoms with van der Waals surface area (Å²) in [6.07, 6.45) is 8.15. The molecular formula is C22H30N4O. The number of benzene rings is 1. The van der Waals surface area contributed by atoms with Crippen molar-refractivity contribution < 1.29 is 4.79 Å². The van der Waals surface area contributed by atoms with E-state index in [9.17, 15) is 4.79 Å². The number of rotatable bonds is 8. The van der Waals surface area contributed by atoms with Gasteiger partial charge in [-0.05, 0) is 19.3 Å². The van der Waals surface area contributed by atoms with Gasteiger partial charge in [-0.1, -0.05) is 56.5 Å². The zero-order valence-electron chi connectivity index (χ0n) is 16.2. The van der Waals surface area contributed by atoms with Gasteiger partial charge in [-0.15, -0.1) is 0 Å². The Labute approximate surface area is 162 Å². The molecule has 1 saturated heterocycles. The van der Waals surface area contributed by atoms with E-state index in [0.717, 1.165) is 56.0 Å². The maximum Gasteiger partial charge on any atom is 0.223 e. The number of hydrogen-bond donors (Lipinski definition) is 1. The third kappa shape index (κ3) is 5.52. The molecule has 0 bridgehead atoms. The first kappa shape index (κ1) is 19.3. The van der Waals surface area contributed by atoms with Crippen molar-refractivity contribution >= 4 is 11.7 Å². The van der Waals surface area contributed by atoms with Crippen molar-refractivity contribution in [2.75, 3.05) is 24.5 Å². The molecule has 0 unspecified atom stereocenters. The monoisotopic (exact) mass is 366 g/mol. The predicted molar refractivity (Wildman–Crippen MR) is 110 cm³/mol. The number of hydrogen-bond acceptors (Lipinski definition) is 4. The van der Waals surface area contributed by atoms with Crippen LogP contribution in [0.3, 0.4) is 0 Å². The maximum atomic E-state index is 12.4. The minimum absolute atomic E-state index is 0.128. The first-order chi connectivity index (χ1) is 13.3. The van der Waals surface area contributed by atoms with E-state index in [1.165, 1.54) is 19.3 Å². The topological polar surface area (TPSA) is 58.1 Å². The summed E-state index contributed by atoms with van der Waals surface area (Å²) in [5.74, 6) is 1.30. The molecule has 0 saturated carbocycles. The largest absolute Gasteiger partial charge is 0.356 e. The van der Waals surface area contributed by atoms with E-state index in [1.807, 2.05) is 24.3 Å². The number of anilines is 1. The summed E-state index contributed by atoms with van der Waals surface area (Å²) in [6, 6.07) is 12.2. The lowest BCUT2D eigenvalue weighted by molar-refractivity contribution is -0.125. The second-order valence-electron chi connectivity index (χ2n) is 7.24. The zero-order valence-corrected chi connectivity index (χ0v) is 16.2. The normalized spacial score (nSPS) is 14.9. The molecule has 0 radical (unpaired) electrons. The molecule has 27 heavy (non-hydrogen) atoms. The van der Waals surface area contributed by atoms with Crippen molar-refractivity contribution in [3.63, 3.8) is 0 Å². The minimum atomic E-state index is 0.128. The van der Waals surface area contributed by atoms with Crippen LogP contribution in [0, 0.1) is 5.92 Å². The number of piperidine rings is 1. The van der Waals surface area contributed by atoms with Crippen LogP contribution in [0.5, 0.6) is 0 Å². The molecule has 1 fully saturated rings. The van der Waals surface area contributed by atoms with Gasteiger partial charge < -0.3 is 10.2 Å². The van der Waals surface area contributed by atoms with Gasteiger partial charge in [0, 0.05) is 37.2 Å². The summed E-state index contributed by atoms with van der Waals surface area (Å²) in [4.78, 5) is 23.5. The van der Waals surface area contributed by atoms with Gasteiger partial charge in [0.2, 0.25) is 5.91 Å².